The quantitative estimate of drug-likeness (QED) is 0.833. The summed E-state index contributed by atoms with van der Waals surface area (Å²) < 4.78 is 10.6. The highest BCUT2D eigenvalue weighted by Gasteiger charge is 2.21. The number of carbonyl (C=O) groups is 1. The van der Waals surface area contributed by atoms with Crippen LogP contribution in [0.3, 0.4) is 0 Å². The van der Waals surface area contributed by atoms with Crippen molar-refractivity contribution in [2.24, 2.45) is 0 Å². The van der Waals surface area contributed by atoms with Crippen LogP contribution in [0, 0.1) is 0 Å². The Kier molecular flexibility index (Phi) is 7.37. The van der Waals surface area contributed by atoms with Gasteiger partial charge in [-0.1, -0.05) is 18.9 Å². The van der Waals surface area contributed by atoms with E-state index in [0.29, 0.717) is 6.54 Å². The maximum Gasteiger partial charge on any atom is 0.237 e. The lowest BCUT2D eigenvalue weighted by Crippen LogP contribution is -2.46. The Hall–Kier alpha value is -1.75. The fourth-order valence-electron chi connectivity index (χ4n) is 3.16. The van der Waals surface area contributed by atoms with Gasteiger partial charge in [0.2, 0.25) is 5.91 Å². The molecule has 1 aromatic rings. The van der Waals surface area contributed by atoms with Crippen LogP contribution in [0.1, 0.15) is 38.2 Å². The van der Waals surface area contributed by atoms with E-state index < -0.39 is 0 Å². The van der Waals surface area contributed by atoms with Crippen LogP contribution in [-0.2, 0) is 11.2 Å². The summed E-state index contributed by atoms with van der Waals surface area (Å²) in [6, 6.07) is 5.82. The lowest BCUT2D eigenvalue weighted by molar-refractivity contribution is -0.125. The molecular weight excluding hydrogens is 304 g/mol. The minimum Gasteiger partial charge on any atom is -0.493 e. The van der Waals surface area contributed by atoms with E-state index in [0.717, 1.165) is 36.6 Å². The molecule has 5 nitrogen and oxygen atoms in total. The van der Waals surface area contributed by atoms with Gasteiger partial charge in [0.05, 0.1) is 20.3 Å². The molecule has 1 aromatic carbocycles. The summed E-state index contributed by atoms with van der Waals surface area (Å²) in [5.74, 6) is 1.57. The van der Waals surface area contributed by atoms with E-state index in [1.165, 1.54) is 25.7 Å². The van der Waals surface area contributed by atoms with E-state index in [2.05, 4.69) is 10.2 Å². The molecule has 0 saturated carbocycles. The van der Waals surface area contributed by atoms with Crippen LogP contribution < -0.4 is 14.8 Å². The molecule has 1 amide bonds. The molecular formula is C19H30N2O3. The van der Waals surface area contributed by atoms with E-state index >= 15 is 0 Å². The predicted octanol–water partition coefficient (Wildman–Crippen LogP) is 2.63. The van der Waals surface area contributed by atoms with Gasteiger partial charge in [0.15, 0.2) is 11.5 Å². The molecule has 24 heavy (non-hydrogen) atoms. The number of nitrogens with one attached hydrogen (secondary N) is 1. The standard InChI is InChI=1S/C19H30N2O3/c1-15(21-12-6-4-5-7-13-21)19(22)20-11-10-16-8-9-17(23-2)18(14-16)24-3/h8-9,14-15H,4-7,10-13H2,1-3H3,(H,20,22)/t15-/m1/s1. The van der Waals surface area contributed by atoms with Crippen molar-refractivity contribution in [3.05, 3.63) is 23.8 Å². The summed E-state index contributed by atoms with van der Waals surface area (Å²) in [4.78, 5) is 14.7. The number of carbonyl (C=O) groups excluding carboxylic acids is 1. The Morgan fingerprint density at radius 2 is 1.79 bits per heavy atom. The first-order valence-corrected chi connectivity index (χ1v) is 8.88. The second kappa shape index (κ2) is 9.52. The zero-order valence-electron chi connectivity index (χ0n) is 15.1. The minimum absolute atomic E-state index is 0.0477. The van der Waals surface area contributed by atoms with E-state index in [1.54, 1.807) is 14.2 Å². The molecule has 5 heteroatoms. The molecule has 0 unspecified atom stereocenters. The largest absolute Gasteiger partial charge is 0.493 e. The Balaban J connectivity index is 1.81. The van der Waals surface area contributed by atoms with Gasteiger partial charge < -0.3 is 14.8 Å². The third kappa shape index (κ3) is 5.13. The molecule has 2 rings (SSSR count). The molecule has 1 saturated heterocycles. The first kappa shape index (κ1) is 18.6. The first-order valence-electron chi connectivity index (χ1n) is 8.88. The molecule has 1 fully saturated rings. The van der Waals surface area contributed by atoms with Crippen molar-refractivity contribution < 1.29 is 14.3 Å². The number of benzene rings is 1. The van der Waals surface area contributed by atoms with Crippen molar-refractivity contribution in [1.82, 2.24) is 10.2 Å². The minimum atomic E-state index is -0.0477. The van der Waals surface area contributed by atoms with E-state index in [9.17, 15) is 4.79 Å². The molecule has 0 aromatic heterocycles. The van der Waals surface area contributed by atoms with Crippen LogP contribution >= 0.6 is 0 Å². The van der Waals surface area contributed by atoms with Crippen molar-refractivity contribution in [2.45, 2.75) is 45.1 Å². The van der Waals surface area contributed by atoms with Gasteiger partial charge in [-0.3, -0.25) is 9.69 Å². The molecule has 1 N–H and O–H groups in total. The number of hydrogen-bond acceptors (Lipinski definition) is 4. The molecule has 0 aliphatic carbocycles. The predicted molar refractivity (Wildman–Crippen MR) is 95.8 cm³/mol. The molecule has 1 aliphatic rings. The zero-order valence-corrected chi connectivity index (χ0v) is 15.1. The zero-order chi connectivity index (χ0) is 17.4. The van der Waals surface area contributed by atoms with Crippen LogP contribution in [0.4, 0.5) is 0 Å². The van der Waals surface area contributed by atoms with E-state index in [-0.39, 0.29) is 11.9 Å². The Bertz CT molecular complexity index is 525. The number of likely N-dealkylation sites (tertiary alicyclic amines) is 1. The highest BCUT2D eigenvalue weighted by Crippen LogP contribution is 2.27. The number of hydrogen-bond donors (Lipinski definition) is 1. The summed E-state index contributed by atoms with van der Waals surface area (Å²) in [6.07, 6.45) is 5.74. The van der Waals surface area contributed by atoms with Gasteiger partial charge in [0.1, 0.15) is 0 Å². The smallest absolute Gasteiger partial charge is 0.237 e. The van der Waals surface area contributed by atoms with Crippen molar-refractivity contribution in [1.29, 1.82) is 0 Å². The lowest BCUT2D eigenvalue weighted by Gasteiger charge is -2.26. The summed E-state index contributed by atoms with van der Waals surface area (Å²) in [7, 11) is 3.26. The molecule has 0 radical (unpaired) electrons. The van der Waals surface area contributed by atoms with Crippen LogP contribution in [-0.4, -0.2) is 50.7 Å². The Morgan fingerprint density at radius 3 is 2.42 bits per heavy atom. The van der Waals surface area contributed by atoms with E-state index in [4.69, 9.17) is 9.47 Å². The van der Waals surface area contributed by atoms with E-state index in [1.807, 2.05) is 25.1 Å². The molecule has 0 bridgehead atoms. The fraction of sp³-hybridized carbons (Fsp3) is 0.632. The van der Waals surface area contributed by atoms with Gasteiger partial charge in [0, 0.05) is 6.54 Å². The fourth-order valence-corrected chi connectivity index (χ4v) is 3.16. The second-order valence-corrected chi connectivity index (χ2v) is 6.36. The SMILES string of the molecule is COc1ccc(CCNC(=O)[C@@H](C)N2CCCCCC2)cc1OC. The third-order valence-electron chi connectivity index (χ3n) is 4.73. The van der Waals surface area contributed by atoms with Crippen LogP contribution in [0.15, 0.2) is 18.2 Å². The summed E-state index contributed by atoms with van der Waals surface area (Å²) in [6.45, 7) is 4.71. The van der Waals surface area contributed by atoms with Gasteiger partial charge in [0.25, 0.3) is 0 Å². The van der Waals surface area contributed by atoms with Gasteiger partial charge in [-0.05, 0) is 57.0 Å². The van der Waals surface area contributed by atoms with Crippen molar-refractivity contribution in [3.8, 4) is 11.5 Å². The topological polar surface area (TPSA) is 50.8 Å². The average Bonchev–Trinajstić information content (AvgIpc) is 2.90. The van der Waals surface area contributed by atoms with Crippen molar-refractivity contribution in [2.75, 3.05) is 33.9 Å². The van der Waals surface area contributed by atoms with Crippen LogP contribution in [0.25, 0.3) is 0 Å². The summed E-state index contributed by atoms with van der Waals surface area (Å²) >= 11 is 0. The Labute approximate surface area is 145 Å². The van der Waals surface area contributed by atoms with Crippen LogP contribution in [0.5, 0.6) is 11.5 Å². The van der Waals surface area contributed by atoms with Crippen molar-refractivity contribution >= 4 is 5.91 Å². The highest BCUT2D eigenvalue weighted by atomic mass is 16.5. The second-order valence-electron chi connectivity index (χ2n) is 6.36. The van der Waals surface area contributed by atoms with Gasteiger partial charge in [-0.25, -0.2) is 0 Å². The molecule has 1 aliphatic heterocycles. The normalized spacial score (nSPS) is 17.0. The molecule has 1 heterocycles. The monoisotopic (exact) mass is 334 g/mol. The third-order valence-corrected chi connectivity index (χ3v) is 4.73. The van der Waals surface area contributed by atoms with Gasteiger partial charge in [-0.2, -0.15) is 0 Å². The number of rotatable bonds is 7. The molecule has 1 atom stereocenters. The van der Waals surface area contributed by atoms with Gasteiger partial charge >= 0.3 is 0 Å². The molecule has 0 spiro atoms. The molecule has 134 valence electrons. The van der Waals surface area contributed by atoms with Gasteiger partial charge in [-0.15, -0.1) is 0 Å². The average molecular weight is 334 g/mol. The maximum atomic E-state index is 12.4. The summed E-state index contributed by atoms with van der Waals surface area (Å²) in [5.41, 5.74) is 1.12. The Morgan fingerprint density at radius 1 is 1.12 bits per heavy atom. The number of nitrogens with zero attached hydrogens (tertiary/aromatic N) is 1. The number of methoxy groups -OCH3 is 2. The highest BCUT2D eigenvalue weighted by molar-refractivity contribution is 5.81. The lowest BCUT2D eigenvalue weighted by atomic mass is 10.1. The summed E-state index contributed by atoms with van der Waals surface area (Å²) in [5, 5.41) is 3.06. The maximum absolute atomic E-state index is 12.4. The van der Waals surface area contributed by atoms with Crippen molar-refractivity contribution in [3.63, 3.8) is 0 Å². The van der Waals surface area contributed by atoms with Crippen LogP contribution in [0.2, 0.25) is 0 Å². The number of amides is 1. The first-order chi connectivity index (χ1) is 11.7. The number of ether oxygens (including phenoxy) is 2.